The molecule has 1 amide bonds. The minimum atomic E-state index is -0.494. The number of benzene rings is 1. The van der Waals surface area contributed by atoms with Gasteiger partial charge >= 0.3 is 0 Å². The van der Waals surface area contributed by atoms with Gasteiger partial charge in [-0.25, -0.2) is 0 Å². The Kier molecular flexibility index (Phi) is 6.91. The summed E-state index contributed by atoms with van der Waals surface area (Å²) in [6.45, 7) is 6.07. The Bertz CT molecular complexity index is 416. The molecule has 0 heterocycles. The molecule has 4 heteroatoms. The molecular weight excluding hydrogens is 254 g/mol. The average molecular weight is 279 g/mol. The zero-order valence-electron chi connectivity index (χ0n) is 12.8. The molecule has 0 aromatic heterocycles. The van der Waals surface area contributed by atoms with Gasteiger partial charge in [-0.05, 0) is 31.4 Å². The first kappa shape index (κ1) is 16.3. The molecule has 1 unspecified atom stereocenters. The van der Waals surface area contributed by atoms with Crippen LogP contribution in [0.15, 0.2) is 24.3 Å². The summed E-state index contributed by atoms with van der Waals surface area (Å²) in [5.41, 5.74) is 0. The maximum atomic E-state index is 12.2. The van der Waals surface area contributed by atoms with Crippen molar-refractivity contribution in [3.8, 4) is 11.5 Å². The molecule has 0 aliphatic carbocycles. The third kappa shape index (κ3) is 4.44. The van der Waals surface area contributed by atoms with Crippen LogP contribution in [-0.2, 0) is 4.79 Å². The van der Waals surface area contributed by atoms with E-state index in [2.05, 4.69) is 19.2 Å². The number of carbonyl (C=O) groups excluding carboxylic acids is 1. The molecule has 1 atom stereocenters. The number of nitrogens with one attached hydrogen (secondary N) is 1. The van der Waals surface area contributed by atoms with Gasteiger partial charge < -0.3 is 14.8 Å². The second-order valence-corrected chi connectivity index (χ2v) is 4.69. The molecule has 0 saturated carbocycles. The minimum Gasteiger partial charge on any atom is -0.493 e. The summed E-state index contributed by atoms with van der Waals surface area (Å²) >= 11 is 0. The molecule has 1 rings (SSSR count). The summed E-state index contributed by atoms with van der Waals surface area (Å²) in [6.07, 6.45) is 1.97. The van der Waals surface area contributed by atoms with Crippen LogP contribution in [0.3, 0.4) is 0 Å². The van der Waals surface area contributed by atoms with E-state index in [1.807, 2.05) is 31.2 Å². The Morgan fingerprint density at radius 1 is 1.10 bits per heavy atom. The van der Waals surface area contributed by atoms with Gasteiger partial charge in [-0.2, -0.15) is 0 Å². The zero-order chi connectivity index (χ0) is 15.0. The summed E-state index contributed by atoms with van der Waals surface area (Å²) < 4.78 is 11.0. The fourth-order valence-corrected chi connectivity index (χ4v) is 1.98. The largest absolute Gasteiger partial charge is 0.493 e. The van der Waals surface area contributed by atoms with Gasteiger partial charge in [-0.1, -0.05) is 32.9 Å². The molecule has 0 aliphatic heterocycles. The first-order valence-electron chi connectivity index (χ1n) is 7.26. The molecular formula is C16H25NO3. The second kappa shape index (κ2) is 8.46. The van der Waals surface area contributed by atoms with Crippen LogP contribution in [0.2, 0.25) is 0 Å². The molecule has 20 heavy (non-hydrogen) atoms. The highest BCUT2D eigenvalue weighted by Crippen LogP contribution is 2.27. The monoisotopic (exact) mass is 279 g/mol. The van der Waals surface area contributed by atoms with E-state index in [0.29, 0.717) is 17.9 Å². The van der Waals surface area contributed by atoms with Gasteiger partial charge in [-0.15, -0.1) is 0 Å². The third-order valence-electron chi connectivity index (χ3n) is 3.33. The van der Waals surface area contributed by atoms with Crippen molar-refractivity contribution in [1.29, 1.82) is 0 Å². The van der Waals surface area contributed by atoms with Crippen molar-refractivity contribution >= 4 is 5.91 Å². The molecule has 1 aromatic carbocycles. The van der Waals surface area contributed by atoms with Crippen LogP contribution < -0.4 is 14.8 Å². The van der Waals surface area contributed by atoms with Gasteiger partial charge in [0.2, 0.25) is 0 Å². The Morgan fingerprint density at radius 3 is 2.20 bits per heavy atom. The van der Waals surface area contributed by atoms with Crippen molar-refractivity contribution in [2.24, 2.45) is 0 Å². The van der Waals surface area contributed by atoms with Gasteiger partial charge in [0.25, 0.3) is 5.91 Å². The smallest absolute Gasteiger partial charge is 0.261 e. The molecule has 112 valence electrons. The van der Waals surface area contributed by atoms with Crippen molar-refractivity contribution < 1.29 is 14.3 Å². The van der Waals surface area contributed by atoms with Crippen molar-refractivity contribution in [2.45, 2.75) is 52.2 Å². The fraction of sp³-hybridized carbons (Fsp3) is 0.562. The van der Waals surface area contributed by atoms with E-state index < -0.39 is 6.10 Å². The van der Waals surface area contributed by atoms with Crippen LogP contribution in [0, 0.1) is 0 Å². The molecule has 4 nitrogen and oxygen atoms in total. The van der Waals surface area contributed by atoms with Crippen LogP contribution in [0.5, 0.6) is 11.5 Å². The lowest BCUT2D eigenvalue weighted by Crippen LogP contribution is -2.43. The van der Waals surface area contributed by atoms with Gasteiger partial charge in [0.1, 0.15) is 0 Å². The quantitative estimate of drug-likeness (QED) is 0.795. The first-order chi connectivity index (χ1) is 9.65. The topological polar surface area (TPSA) is 47.6 Å². The van der Waals surface area contributed by atoms with Crippen molar-refractivity contribution in [3.63, 3.8) is 0 Å². The predicted octanol–water partition coefficient (Wildman–Crippen LogP) is 3.16. The molecule has 0 radical (unpaired) electrons. The predicted molar refractivity (Wildman–Crippen MR) is 80.2 cm³/mol. The molecule has 0 fully saturated rings. The van der Waals surface area contributed by atoms with Gasteiger partial charge in [0.05, 0.1) is 7.11 Å². The van der Waals surface area contributed by atoms with E-state index >= 15 is 0 Å². The molecule has 0 spiro atoms. The number of hydrogen-bond acceptors (Lipinski definition) is 3. The number of hydrogen-bond donors (Lipinski definition) is 1. The van der Waals surface area contributed by atoms with Crippen LogP contribution in [-0.4, -0.2) is 25.2 Å². The van der Waals surface area contributed by atoms with Crippen LogP contribution in [0.1, 0.15) is 40.0 Å². The average Bonchev–Trinajstić information content (AvgIpc) is 2.50. The van der Waals surface area contributed by atoms with Gasteiger partial charge in [-0.3, -0.25) is 4.79 Å². The molecule has 0 aliphatic rings. The lowest BCUT2D eigenvalue weighted by molar-refractivity contribution is -0.128. The van der Waals surface area contributed by atoms with E-state index in [9.17, 15) is 4.79 Å². The Hall–Kier alpha value is -1.71. The second-order valence-electron chi connectivity index (χ2n) is 4.69. The molecule has 1 N–H and O–H groups in total. The van der Waals surface area contributed by atoms with E-state index in [4.69, 9.17) is 9.47 Å². The Labute approximate surface area is 121 Å². The number of methoxy groups -OCH3 is 1. The van der Waals surface area contributed by atoms with Crippen molar-refractivity contribution in [2.75, 3.05) is 7.11 Å². The highest BCUT2D eigenvalue weighted by atomic mass is 16.5. The maximum absolute atomic E-state index is 12.2. The lowest BCUT2D eigenvalue weighted by Gasteiger charge is -2.22. The van der Waals surface area contributed by atoms with Crippen LogP contribution in [0.25, 0.3) is 0 Å². The number of carbonyl (C=O) groups is 1. The van der Waals surface area contributed by atoms with Crippen molar-refractivity contribution in [1.82, 2.24) is 5.32 Å². The first-order valence-corrected chi connectivity index (χ1v) is 7.26. The summed E-state index contributed by atoms with van der Waals surface area (Å²) in [4.78, 5) is 12.2. The van der Waals surface area contributed by atoms with Crippen LogP contribution in [0.4, 0.5) is 0 Å². The van der Waals surface area contributed by atoms with E-state index in [1.54, 1.807) is 7.11 Å². The van der Waals surface area contributed by atoms with Gasteiger partial charge in [0, 0.05) is 6.04 Å². The SMILES string of the molecule is CCC(CC)NC(=O)C(CC)Oc1ccccc1OC. The van der Waals surface area contributed by atoms with E-state index in [-0.39, 0.29) is 11.9 Å². The highest BCUT2D eigenvalue weighted by molar-refractivity contribution is 5.81. The van der Waals surface area contributed by atoms with E-state index in [0.717, 1.165) is 12.8 Å². The highest BCUT2D eigenvalue weighted by Gasteiger charge is 2.21. The summed E-state index contributed by atoms with van der Waals surface area (Å²) in [7, 11) is 1.59. The number of ether oxygens (including phenoxy) is 2. The summed E-state index contributed by atoms with van der Waals surface area (Å²) in [5.74, 6) is 1.18. The van der Waals surface area contributed by atoms with Crippen molar-refractivity contribution in [3.05, 3.63) is 24.3 Å². The van der Waals surface area contributed by atoms with Crippen LogP contribution >= 0.6 is 0 Å². The van der Waals surface area contributed by atoms with E-state index in [1.165, 1.54) is 0 Å². The number of amides is 1. The fourth-order valence-electron chi connectivity index (χ4n) is 1.98. The Morgan fingerprint density at radius 2 is 1.70 bits per heavy atom. The third-order valence-corrected chi connectivity index (χ3v) is 3.33. The maximum Gasteiger partial charge on any atom is 0.261 e. The summed E-state index contributed by atoms with van der Waals surface area (Å²) in [6, 6.07) is 7.57. The number of rotatable bonds is 8. The lowest BCUT2D eigenvalue weighted by atomic mass is 10.1. The molecule has 0 bridgehead atoms. The van der Waals surface area contributed by atoms with Gasteiger partial charge in [0.15, 0.2) is 17.6 Å². The standard InChI is InChI=1S/C16H25NO3/c1-5-12(6-2)17-16(18)13(7-3)20-15-11-9-8-10-14(15)19-4/h8-13H,5-7H2,1-4H3,(H,17,18). The number of para-hydroxylation sites is 2. The molecule has 0 saturated heterocycles. The minimum absolute atomic E-state index is 0.0629. The molecule has 1 aromatic rings. The zero-order valence-corrected chi connectivity index (χ0v) is 12.8. The summed E-state index contributed by atoms with van der Waals surface area (Å²) in [5, 5.41) is 3.02. The normalized spacial score (nSPS) is 12.1. The Balaban J connectivity index is 2.73.